The second-order valence-electron chi connectivity index (χ2n) is 4.85. The van der Waals surface area contributed by atoms with E-state index < -0.39 is 0 Å². The van der Waals surface area contributed by atoms with Gasteiger partial charge in [-0.15, -0.1) is 0 Å². The molecular formula is C15H20N4. The molecule has 1 aliphatic heterocycles. The lowest BCUT2D eigenvalue weighted by atomic mass is 10.1. The van der Waals surface area contributed by atoms with Gasteiger partial charge in [0.15, 0.2) is 0 Å². The lowest BCUT2D eigenvalue weighted by molar-refractivity contribution is 0.577. The third kappa shape index (κ3) is 2.49. The third-order valence-electron chi connectivity index (χ3n) is 3.64. The molecule has 2 heterocycles. The number of piperazine rings is 1. The number of anilines is 1. The summed E-state index contributed by atoms with van der Waals surface area (Å²) in [6.45, 7) is 6.27. The first-order valence-corrected chi connectivity index (χ1v) is 6.97. The Balaban J connectivity index is 1.89. The second-order valence-corrected chi connectivity index (χ2v) is 4.85. The molecule has 0 unspecified atom stereocenters. The van der Waals surface area contributed by atoms with Crippen LogP contribution in [-0.4, -0.2) is 35.7 Å². The number of imidazole rings is 1. The van der Waals surface area contributed by atoms with Crippen molar-refractivity contribution in [3.05, 3.63) is 42.2 Å². The molecule has 0 amide bonds. The number of rotatable bonds is 3. The first kappa shape index (κ1) is 12.2. The number of aryl methyl sites for hydroxylation is 1. The molecule has 2 aromatic rings. The minimum atomic E-state index is 1.02. The van der Waals surface area contributed by atoms with Crippen molar-refractivity contribution in [1.82, 2.24) is 14.9 Å². The molecule has 100 valence electrons. The van der Waals surface area contributed by atoms with Gasteiger partial charge in [0.2, 0.25) is 5.95 Å². The van der Waals surface area contributed by atoms with Crippen LogP contribution in [0.25, 0.3) is 5.69 Å². The molecule has 1 saturated heterocycles. The molecule has 1 aromatic carbocycles. The van der Waals surface area contributed by atoms with E-state index in [2.05, 4.69) is 51.0 Å². The van der Waals surface area contributed by atoms with E-state index in [1.54, 1.807) is 0 Å². The Kier molecular flexibility index (Phi) is 3.51. The van der Waals surface area contributed by atoms with Crippen molar-refractivity contribution >= 4 is 5.95 Å². The number of benzene rings is 1. The summed E-state index contributed by atoms with van der Waals surface area (Å²) in [7, 11) is 0. The van der Waals surface area contributed by atoms with Crippen LogP contribution in [-0.2, 0) is 6.42 Å². The summed E-state index contributed by atoms with van der Waals surface area (Å²) in [5, 5.41) is 3.37. The van der Waals surface area contributed by atoms with Crippen LogP contribution >= 0.6 is 0 Å². The molecule has 0 saturated carbocycles. The minimum Gasteiger partial charge on any atom is -0.339 e. The van der Waals surface area contributed by atoms with Gasteiger partial charge in [0, 0.05) is 44.3 Å². The normalized spacial score (nSPS) is 15.7. The van der Waals surface area contributed by atoms with Crippen molar-refractivity contribution in [1.29, 1.82) is 0 Å². The van der Waals surface area contributed by atoms with Gasteiger partial charge in [-0.25, -0.2) is 4.98 Å². The predicted octanol–water partition coefficient (Wildman–Crippen LogP) is 1.84. The monoisotopic (exact) mass is 256 g/mol. The van der Waals surface area contributed by atoms with E-state index in [1.165, 1.54) is 11.3 Å². The summed E-state index contributed by atoms with van der Waals surface area (Å²) in [6.07, 6.45) is 5.00. The van der Waals surface area contributed by atoms with Gasteiger partial charge < -0.3 is 10.2 Å². The van der Waals surface area contributed by atoms with Crippen LogP contribution in [0.4, 0.5) is 5.95 Å². The van der Waals surface area contributed by atoms with Crippen molar-refractivity contribution in [3.63, 3.8) is 0 Å². The Bertz CT molecular complexity index is 523. The van der Waals surface area contributed by atoms with Crippen molar-refractivity contribution < 1.29 is 0 Å². The zero-order valence-electron chi connectivity index (χ0n) is 11.3. The maximum absolute atomic E-state index is 4.52. The molecule has 0 aliphatic carbocycles. The van der Waals surface area contributed by atoms with Gasteiger partial charge >= 0.3 is 0 Å². The SMILES string of the molecule is CCc1ccc(-n2ccnc2N2CCNCC2)cc1. The molecule has 4 heteroatoms. The number of hydrogen-bond acceptors (Lipinski definition) is 3. The number of aromatic nitrogens is 2. The van der Waals surface area contributed by atoms with E-state index >= 15 is 0 Å². The molecular weight excluding hydrogens is 236 g/mol. The third-order valence-corrected chi connectivity index (χ3v) is 3.64. The molecule has 19 heavy (non-hydrogen) atoms. The summed E-state index contributed by atoms with van der Waals surface area (Å²) >= 11 is 0. The summed E-state index contributed by atoms with van der Waals surface area (Å²) in [5.41, 5.74) is 2.55. The van der Waals surface area contributed by atoms with E-state index in [0.29, 0.717) is 0 Å². The molecule has 1 aliphatic rings. The highest BCUT2D eigenvalue weighted by atomic mass is 15.3. The van der Waals surface area contributed by atoms with Crippen LogP contribution in [0.5, 0.6) is 0 Å². The number of hydrogen-bond donors (Lipinski definition) is 1. The van der Waals surface area contributed by atoms with Gasteiger partial charge in [-0.2, -0.15) is 0 Å². The Hall–Kier alpha value is -1.81. The molecule has 0 spiro atoms. The maximum atomic E-state index is 4.52. The quantitative estimate of drug-likeness (QED) is 0.909. The molecule has 1 aromatic heterocycles. The van der Waals surface area contributed by atoms with Gasteiger partial charge in [-0.05, 0) is 24.1 Å². The van der Waals surface area contributed by atoms with Crippen LogP contribution in [0.3, 0.4) is 0 Å². The predicted molar refractivity (Wildman–Crippen MR) is 78.0 cm³/mol. The van der Waals surface area contributed by atoms with E-state index in [1.807, 2.05) is 12.4 Å². The Morgan fingerprint density at radius 1 is 1.16 bits per heavy atom. The molecule has 1 fully saturated rings. The summed E-state index contributed by atoms with van der Waals surface area (Å²) in [4.78, 5) is 6.86. The molecule has 1 N–H and O–H groups in total. The summed E-state index contributed by atoms with van der Waals surface area (Å²) < 4.78 is 2.17. The summed E-state index contributed by atoms with van der Waals surface area (Å²) in [6, 6.07) is 8.73. The van der Waals surface area contributed by atoms with E-state index in [4.69, 9.17) is 0 Å². The molecule has 0 atom stereocenters. The largest absolute Gasteiger partial charge is 0.339 e. The maximum Gasteiger partial charge on any atom is 0.210 e. The van der Waals surface area contributed by atoms with Crippen LogP contribution in [0.2, 0.25) is 0 Å². The lowest BCUT2D eigenvalue weighted by Gasteiger charge is -2.28. The molecule has 4 nitrogen and oxygen atoms in total. The van der Waals surface area contributed by atoms with Crippen molar-refractivity contribution in [2.24, 2.45) is 0 Å². The highest BCUT2D eigenvalue weighted by Gasteiger charge is 2.15. The Morgan fingerprint density at radius 3 is 2.58 bits per heavy atom. The van der Waals surface area contributed by atoms with Crippen LogP contribution in [0.15, 0.2) is 36.7 Å². The fraction of sp³-hybridized carbons (Fsp3) is 0.400. The highest BCUT2D eigenvalue weighted by Crippen LogP contribution is 2.19. The molecule has 0 radical (unpaired) electrons. The van der Waals surface area contributed by atoms with Gasteiger partial charge in [-0.3, -0.25) is 4.57 Å². The fourth-order valence-corrected chi connectivity index (χ4v) is 2.49. The second kappa shape index (κ2) is 5.45. The standard InChI is InChI=1S/C15H20N4/c1-2-13-3-5-14(6-4-13)19-12-9-17-15(19)18-10-7-16-8-11-18/h3-6,9,12,16H,2,7-8,10-11H2,1H3. The zero-order valence-corrected chi connectivity index (χ0v) is 11.3. The van der Waals surface area contributed by atoms with E-state index in [0.717, 1.165) is 38.5 Å². The number of nitrogens with zero attached hydrogens (tertiary/aromatic N) is 3. The fourth-order valence-electron chi connectivity index (χ4n) is 2.49. The van der Waals surface area contributed by atoms with Gasteiger partial charge in [0.1, 0.15) is 0 Å². The summed E-state index contributed by atoms with van der Waals surface area (Å²) in [5.74, 6) is 1.05. The average Bonchev–Trinajstić information content (AvgIpc) is 2.98. The smallest absolute Gasteiger partial charge is 0.210 e. The Morgan fingerprint density at radius 2 is 1.89 bits per heavy atom. The van der Waals surface area contributed by atoms with Gasteiger partial charge in [0.25, 0.3) is 0 Å². The van der Waals surface area contributed by atoms with Crippen LogP contribution in [0, 0.1) is 0 Å². The van der Waals surface area contributed by atoms with Gasteiger partial charge in [0.05, 0.1) is 0 Å². The molecule has 0 bridgehead atoms. The van der Waals surface area contributed by atoms with Gasteiger partial charge in [-0.1, -0.05) is 19.1 Å². The van der Waals surface area contributed by atoms with Crippen molar-refractivity contribution in [2.75, 3.05) is 31.1 Å². The average molecular weight is 256 g/mol. The topological polar surface area (TPSA) is 33.1 Å². The molecule has 3 rings (SSSR count). The number of nitrogens with one attached hydrogen (secondary N) is 1. The first-order valence-electron chi connectivity index (χ1n) is 6.97. The highest BCUT2D eigenvalue weighted by molar-refractivity contribution is 5.44. The van der Waals surface area contributed by atoms with E-state index in [-0.39, 0.29) is 0 Å². The first-order chi connectivity index (χ1) is 9.38. The van der Waals surface area contributed by atoms with E-state index in [9.17, 15) is 0 Å². The van der Waals surface area contributed by atoms with Crippen molar-refractivity contribution in [2.45, 2.75) is 13.3 Å². The van der Waals surface area contributed by atoms with Crippen LogP contribution in [0.1, 0.15) is 12.5 Å². The Labute approximate surface area is 114 Å². The lowest BCUT2D eigenvalue weighted by Crippen LogP contribution is -2.44. The minimum absolute atomic E-state index is 1.02. The van der Waals surface area contributed by atoms with Crippen LogP contribution < -0.4 is 10.2 Å². The van der Waals surface area contributed by atoms with Crippen molar-refractivity contribution in [3.8, 4) is 5.69 Å². The zero-order chi connectivity index (χ0) is 13.1.